The van der Waals surface area contributed by atoms with Crippen LogP contribution < -0.4 is 9.47 Å². The van der Waals surface area contributed by atoms with Crippen LogP contribution >= 0.6 is 0 Å². The van der Waals surface area contributed by atoms with E-state index in [1.54, 1.807) is 7.11 Å². The van der Waals surface area contributed by atoms with Crippen LogP contribution in [0, 0.1) is 11.8 Å². The van der Waals surface area contributed by atoms with Crippen molar-refractivity contribution in [2.45, 2.75) is 19.8 Å². The van der Waals surface area contributed by atoms with E-state index >= 15 is 0 Å². The summed E-state index contributed by atoms with van der Waals surface area (Å²) in [6.45, 7) is 2.93. The first-order valence-electron chi connectivity index (χ1n) is 8.61. The maximum absolute atomic E-state index is 5.67. The van der Waals surface area contributed by atoms with Gasteiger partial charge in [0.2, 0.25) is 0 Å². The molecule has 0 heterocycles. The van der Waals surface area contributed by atoms with E-state index in [4.69, 9.17) is 9.47 Å². The van der Waals surface area contributed by atoms with Crippen molar-refractivity contribution in [3.05, 3.63) is 71.8 Å². The first-order chi connectivity index (χ1) is 12.3. The number of hydrogen-bond acceptors (Lipinski definition) is 2. The highest BCUT2D eigenvalue weighted by Gasteiger charge is 1.98. The Labute approximate surface area is 149 Å². The van der Waals surface area contributed by atoms with Gasteiger partial charge in [0.05, 0.1) is 13.7 Å². The molecular formula is C23H22O2. The van der Waals surface area contributed by atoms with Gasteiger partial charge in [-0.25, -0.2) is 0 Å². The summed E-state index contributed by atoms with van der Waals surface area (Å²) in [4.78, 5) is 0. The van der Waals surface area contributed by atoms with Crippen molar-refractivity contribution >= 4 is 10.8 Å². The molecular weight excluding hydrogens is 308 g/mol. The van der Waals surface area contributed by atoms with Crippen molar-refractivity contribution in [2.24, 2.45) is 0 Å². The molecule has 2 nitrogen and oxygen atoms in total. The summed E-state index contributed by atoms with van der Waals surface area (Å²) in [6.07, 6.45) is 2.22. The van der Waals surface area contributed by atoms with Crippen LogP contribution in [0.2, 0.25) is 0 Å². The van der Waals surface area contributed by atoms with Gasteiger partial charge >= 0.3 is 0 Å². The minimum Gasteiger partial charge on any atom is -0.497 e. The van der Waals surface area contributed by atoms with Gasteiger partial charge in [0.25, 0.3) is 0 Å². The van der Waals surface area contributed by atoms with E-state index in [1.165, 1.54) is 0 Å². The van der Waals surface area contributed by atoms with Gasteiger partial charge in [0, 0.05) is 11.1 Å². The Bertz CT molecular complexity index is 899. The number of fused-ring (bicyclic) bond motifs is 1. The zero-order valence-electron chi connectivity index (χ0n) is 14.7. The molecule has 0 amide bonds. The van der Waals surface area contributed by atoms with E-state index in [2.05, 4.69) is 37.0 Å². The lowest BCUT2D eigenvalue weighted by molar-refractivity contribution is 0.309. The molecule has 0 unspecified atom stereocenters. The van der Waals surface area contributed by atoms with Crippen LogP contribution in [0.1, 0.15) is 30.9 Å². The Morgan fingerprint density at radius 1 is 0.760 bits per heavy atom. The predicted octanol–water partition coefficient (Wildman–Crippen LogP) is 5.43. The highest BCUT2D eigenvalue weighted by Crippen LogP contribution is 2.21. The summed E-state index contributed by atoms with van der Waals surface area (Å²) in [5.74, 6) is 8.21. The monoisotopic (exact) mass is 330 g/mol. The Balaban J connectivity index is 1.73. The second kappa shape index (κ2) is 8.26. The van der Waals surface area contributed by atoms with Gasteiger partial charge in [-0.2, -0.15) is 0 Å². The molecule has 0 N–H and O–H groups in total. The number of hydrogen-bond donors (Lipinski definition) is 0. The van der Waals surface area contributed by atoms with E-state index < -0.39 is 0 Å². The maximum atomic E-state index is 5.67. The molecule has 2 heteroatoms. The van der Waals surface area contributed by atoms with Crippen molar-refractivity contribution < 1.29 is 9.47 Å². The van der Waals surface area contributed by atoms with Gasteiger partial charge < -0.3 is 9.47 Å². The first-order valence-corrected chi connectivity index (χ1v) is 8.61. The van der Waals surface area contributed by atoms with Crippen LogP contribution in [0.25, 0.3) is 10.8 Å². The van der Waals surface area contributed by atoms with Crippen molar-refractivity contribution in [1.82, 2.24) is 0 Å². The molecule has 3 aromatic carbocycles. The first kappa shape index (κ1) is 16.9. The third kappa shape index (κ3) is 4.55. The van der Waals surface area contributed by atoms with Gasteiger partial charge in [0.15, 0.2) is 0 Å². The average molecular weight is 330 g/mol. The molecule has 0 radical (unpaired) electrons. The fourth-order valence-electron chi connectivity index (χ4n) is 2.54. The van der Waals surface area contributed by atoms with E-state index in [9.17, 15) is 0 Å². The summed E-state index contributed by atoms with van der Waals surface area (Å²) >= 11 is 0. The molecule has 3 aromatic rings. The summed E-state index contributed by atoms with van der Waals surface area (Å²) in [5.41, 5.74) is 1.98. The lowest BCUT2D eigenvalue weighted by Crippen LogP contribution is -1.95. The van der Waals surface area contributed by atoms with Crippen molar-refractivity contribution in [1.29, 1.82) is 0 Å². The van der Waals surface area contributed by atoms with Gasteiger partial charge in [-0.15, -0.1) is 0 Å². The molecule has 0 aliphatic carbocycles. The highest BCUT2D eigenvalue weighted by molar-refractivity contribution is 5.85. The Morgan fingerprint density at radius 2 is 1.40 bits per heavy atom. The quantitative estimate of drug-likeness (QED) is 0.459. The smallest absolute Gasteiger partial charge is 0.119 e. The predicted molar refractivity (Wildman–Crippen MR) is 103 cm³/mol. The average Bonchev–Trinajstić information content (AvgIpc) is 2.67. The molecule has 0 fully saturated rings. The van der Waals surface area contributed by atoms with Gasteiger partial charge in [-0.05, 0) is 65.7 Å². The standard InChI is InChI=1S/C23H22O2/c1-3-4-15-25-22-12-8-18(9-13-22)5-6-19-7-10-21-17-23(24-2)14-11-20(21)16-19/h7-14,16-17H,3-4,15H2,1-2H3. The maximum Gasteiger partial charge on any atom is 0.119 e. The van der Waals surface area contributed by atoms with Gasteiger partial charge in [0.1, 0.15) is 11.5 Å². The van der Waals surface area contributed by atoms with Gasteiger partial charge in [-0.1, -0.05) is 37.3 Å². The molecule has 0 aliphatic heterocycles. The van der Waals surface area contributed by atoms with E-state index in [0.29, 0.717) is 0 Å². The molecule has 3 rings (SSSR count). The van der Waals surface area contributed by atoms with Crippen molar-refractivity contribution in [2.75, 3.05) is 13.7 Å². The minimum absolute atomic E-state index is 0.767. The zero-order valence-corrected chi connectivity index (χ0v) is 14.7. The van der Waals surface area contributed by atoms with Crippen LogP contribution in [-0.2, 0) is 0 Å². The topological polar surface area (TPSA) is 18.5 Å². The normalized spacial score (nSPS) is 10.2. The van der Waals surface area contributed by atoms with Crippen LogP contribution in [0.3, 0.4) is 0 Å². The third-order valence-corrected chi connectivity index (χ3v) is 4.02. The molecule has 0 saturated heterocycles. The Kier molecular flexibility index (Phi) is 5.59. The van der Waals surface area contributed by atoms with Crippen LogP contribution in [0.5, 0.6) is 11.5 Å². The van der Waals surface area contributed by atoms with Crippen LogP contribution in [0.4, 0.5) is 0 Å². The largest absolute Gasteiger partial charge is 0.497 e. The Hall–Kier alpha value is -2.92. The summed E-state index contributed by atoms with van der Waals surface area (Å²) in [6, 6.07) is 20.2. The highest BCUT2D eigenvalue weighted by atomic mass is 16.5. The fraction of sp³-hybridized carbons (Fsp3) is 0.217. The molecule has 0 bridgehead atoms. The Morgan fingerprint density at radius 3 is 2.16 bits per heavy atom. The van der Waals surface area contributed by atoms with Crippen LogP contribution in [0.15, 0.2) is 60.7 Å². The minimum atomic E-state index is 0.767. The van der Waals surface area contributed by atoms with Crippen molar-refractivity contribution in [3.8, 4) is 23.3 Å². The van der Waals surface area contributed by atoms with E-state index in [1.807, 2.05) is 42.5 Å². The zero-order chi connectivity index (χ0) is 17.5. The number of unbranched alkanes of at least 4 members (excludes halogenated alkanes) is 1. The lowest BCUT2D eigenvalue weighted by Gasteiger charge is -2.04. The lowest BCUT2D eigenvalue weighted by atomic mass is 10.1. The van der Waals surface area contributed by atoms with E-state index in [-0.39, 0.29) is 0 Å². The van der Waals surface area contributed by atoms with Gasteiger partial charge in [-0.3, -0.25) is 0 Å². The van der Waals surface area contributed by atoms with E-state index in [0.717, 1.165) is 52.8 Å². The second-order valence-electron chi connectivity index (χ2n) is 5.90. The number of benzene rings is 3. The summed E-state index contributed by atoms with van der Waals surface area (Å²) in [5, 5.41) is 2.31. The van der Waals surface area contributed by atoms with Crippen LogP contribution in [-0.4, -0.2) is 13.7 Å². The van der Waals surface area contributed by atoms with Crippen molar-refractivity contribution in [3.63, 3.8) is 0 Å². The number of methoxy groups -OCH3 is 1. The molecule has 126 valence electrons. The second-order valence-corrected chi connectivity index (χ2v) is 5.90. The number of ether oxygens (including phenoxy) is 2. The number of rotatable bonds is 5. The summed E-state index contributed by atoms with van der Waals surface area (Å²) in [7, 11) is 1.68. The molecule has 25 heavy (non-hydrogen) atoms. The molecule has 0 spiro atoms. The molecule has 0 saturated carbocycles. The fourth-order valence-corrected chi connectivity index (χ4v) is 2.54. The molecule has 0 aliphatic rings. The molecule has 0 aromatic heterocycles. The SMILES string of the molecule is CCCCOc1ccc(C#Cc2ccc3cc(OC)ccc3c2)cc1. The third-order valence-electron chi connectivity index (χ3n) is 4.02. The molecule has 0 atom stereocenters. The summed E-state index contributed by atoms with van der Waals surface area (Å²) < 4.78 is 10.9.